The van der Waals surface area contributed by atoms with Crippen LogP contribution in [0.2, 0.25) is 0 Å². The van der Waals surface area contributed by atoms with Gasteiger partial charge in [0.1, 0.15) is 0 Å². The molecule has 2 saturated heterocycles. The van der Waals surface area contributed by atoms with Crippen LogP contribution in [0.25, 0.3) is 0 Å². The maximum Gasteiger partial charge on any atom is 0.191 e. The highest BCUT2D eigenvalue weighted by Gasteiger charge is 2.32. The molecule has 2 heterocycles. The van der Waals surface area contributed by atoms with E-state index in [4.69, 9.17) is 14.5 Å². The van der Waals surface area contributed by atoms with Crippen molar-refractivity contribution in [3.8, 4) is 0 Å². The van der Waals surface area contributed by atoms with Gasteiger partial charge in [0.05, 0.1) is 12.1 Å². The van der Waals surface area contributed by atoms with E-state index in [1.165, 1.54) is 38.9 Å². The number of hydrogen-bond donors (Lipinski definition) is 2. The maximum atomic E-state index is 5.79. The third-order valence-corrected chi connectivity index (χ3v) is 5.17. The molecule has 0 aliphatic carbocycles. The summed E-state index contributed by atoms with van der Waals surface area (Å²) < 4.78 is 11.3. The van der Waals surface area contributed by atoms with Gasteiger partial charge in [0.25, 0.3) is 0 Å². The summed E-state index contributed by atoms with van der Waals surface area (Å²) in [6.45, 7) is 11.1. The molecule has 6 heteroatoms. The first kappa shape index (κ1) is 19.5. The number of hydrogen-bond acceptors (Lipinski definition) is 4. The van der Waals surface area contributed by atoms with E-state index in [0.29, 0.717) is 12.6 Å². The molecule has 0 spiro atoms. The third-order valence-electron chi connectivity index (χ3n) is 5.17. The molecular formula is C18H36N4O2. The van der Waals surface area contributed by atoms with Gasteiger partial charge < -0.3 is 25.0 Å². The molecule has 0 aromatic heterocycles. The smallest absolute Gasteiger partial charge is 0.191 e. The van der Waals surface area contributed by atoms with E-state index in [1.807, 2.05) is 0 Å². The average molecular weight is 341 g/mol. The molecule has 0 unspecified atom stereocenters. The summed E-state index contributed by atoms with van der Waals surface area (Å²) in [5.74, 6) is 0.925. The molecule has 6 nitrogen and oxygen atoms in total. The topological polar surface area (TPSA) is 58.1 Å². The van der Waals surface area contributed by atoms with Gasteiger partial charge in [0, 0.05) is 58.8 Å². The second kappa shape index (κ2) is 10.2. The molecule has 2 N–H and O–H groups in total. The van der Waals surface area contributed by atoms with Gasteiger partial charge in [-0.15, -0.1) is 0 Å². The Bertz CT molecular complexity index is 375. The van der Waals surface area contributed by atoms with Crippen LogP contribution in [0.15, 0.2) is 4.99 Å². The molecule has 24 heavy (non-hydrogen) atoms. The molecule has 0 saturated carbocycles. The number of rotatable bonds is 7. The number of aliphatic imine (C=N–C) groups is 1. The second-order valence-electron chi connectivity index (χ2n) is 6.95. The minimum Gasteiger partial charge on any atom is -0.381 e. The summed E-state index contributed by atoms with van der Waals surface area (Å²) in [6, 6.07) is 0.518. The van der Waals surface area contributed by atoms with E-state index in [-0.39, 0.29) is 5.60 Å². The van der Waals surface area contributed by atoms with Crippen LogP contribution in [0, 0.1) is 0 Å². The normalized spacial score (nSPS) is 23.2. The Labute approximate surface area is 147 Å². The largest absolute Gasteiger partial charge is 0.381 e. The van der Waals surface area contributed by atoms with E-state index < -0.39 is 0 Å². The van der Waals surface area contributed by atoms with Crippen molar-refractivity contribution in [3.63, 3.8) is 0 Å². The Morgan fingerprint density at radius 1 is 1.25 bits per heavy atom. The predicted octanol–water partition coefficient (Wildman–Crippen LogP) is 1.61. The van der Waals surface area contributed by atoms with Crippen molar-refractivity contribution < 1.29 is 9.47 Å². The van der Waals surface area contributed by atoms with Gasteiger partial charge in [-0.3, -0.25) is 4.99 Å². The third kappa shape index (κ3) is 5.90. The average Bonchev–Trinajstić information content (AvgIpc) is 2.62. The Hall–Kier alpha value is -0.850. The lowest BCUT2D eigenvalue weighted by atomic mass is 9.94. The number of ether oxygens (including phenoxy) is 2. The Balaban J connectivity index is 1.86. The van der Waals surface area contributed by atoms with Crippen LogP contribution in [0.3, 0.4) is 0 Å². The number of piperidine rings is 1. The van der Waals surface area contributed by atoms with E-state index in [2.05, 4.69) is 29.4 Å². The highest BCUT2D eigenvalue weighted by Crippen LogP contribution is 2.24. The van der Waals surface area contributed by atoms with Crippen LogP contribution < -0.4 is 10.6 Å². The second-order valence-corrected chi connectivity index (χ2v) is 6.95. The van der Waals surface area contributed by atoms with Crippen molar-refractivity contribution in [1.82, 2.24) is 15.5 Å². The summed E-state index contributed by atoms with van der Waals surface area (Å²) in [6.07, 6.45) is 5.45. The van der Waals surface area contributed by atoms with Crippen LogP contribution in [0.1, 0.15) is 46.0 Å². The van der Waals surface area contributed by atoms with Crippen molar-refractivity contribution in [3.05, 3.63) is 0 Å². The Morgan fingerprint density at radius 3 is 2.54 bits per heavy atom. The van der Waals surface area contributed by atoms with Crippen molar-refractivity contribution >= 4 is 5.96 Å². The first-order chi connectivity index (χ1) is 11.7. The molecular weight excluding hydrogens is 304 g/mol. The fraction of sp³-hybridized carbons (Fsp3) is 0.944. The molecule has 0 aromatic carbocycles. The number of guanidine groups is 1. The minimum atomic E-state index is -0.162. The highest BCUT2D eigenvalue weighted by molar-refractivity contribution is 5.80. The van der Waals surface area contributed by atoms with Gasteiger partial charge in [-0.1, -0.05) is 6.92 Å². The van der Waals surface area contributed by atoms with Crippen LogP contribution in [-0.4, -0.2) is 75.5 Å². The van der Waals surface area contributed by atoms with Gasteiger partial charge in [0.15, 0.2) is 5.96 Å². The number of methoxy groups -OCH3 is 1. The summed E-state index contributed by atoms with van der Waals surface area (Å²) in [4.78, 5) is 7.39. The van der Waals surface area contributed by atoms with E-state index >= 15 is 0 Å². The van der Waals surface area contributed by atoms with E-state index in [1.54, 1.807) is 7.11 Å². The van der Waals surface area contributed by atoms with E-state index in [0.717, 1.165) is 38.6 Å². The van der Waals surface area contributed by atoms with Crippen molar-refractivity contribution in [2.75, 3.05) is 53.0 Å². The van der Waals surface area contributed by atoms with Crippen LogP contribution in [-0.2, 0) is 9.47 Å². The maximum absolute atomic E-state index is 5.79. The minimum absolute atomic E-state index is 0.162. The lowest BCUT2D eigenvalue weighted by molar-refractivity contribution is -0.0828. The molecule has 0 aromatic rings. The van der Waals surface area contributed by atoms with Gasteiger partial charge in [-0.2, -0.15) is 0 Å². The number of nitrogens with one attached hydrogen (secondary N) is 2. The van der Waals surface area contributed by atoms with Crippen LogP contribution in [0.4, 0.5) is 0 Å². The van der Waals surface area contributed by atoms with Gasteiger partial charge in [-0.05, 0) is 32.7 Å². The van der Waals surface area contributed by atoms with Gasteiger partial charge in [0.2, 0.25) is 0 Å². The number of nitrogens with zero attached hydrogens (tertiary/aromatic N) is 2. The molecule has 2 fully saturated rings. The molecule has 0 atom stereocenters. The molecule has 2 aliphatic rings. The predicted molar refractivity (Wildman–Crippen MR) is 98.7 cm³/mol. The molecule has 0 radical (unpaired) electrons. The van der Waals surface area contributed by atoms with E-state index in [9.17, 15) is 0 Å². The highest BCUT2D eigenvalue weighted by atomic mass is 16.5. The summed E-state index contributed by atoms with van der Waals surface area (Å²) in [7, 11) is 1.80. The fourth-order valence-corrected chi connectivity index (χ4v) is 3.52. The first-order valence-corrected chi connectivity index (χ1v) is 9.61. The van der Waals surface area contributed by atoms with Crippen LogP contribution in [0.5, 0.6) is 0 Å². The van der Waals surface area contributed by atoms with Crippen LogP contribution >= 0.6 is 0 Å². The summed E-state index contributed by atoms with van der Waals surface area (Å²) in [5.41, 5.74) is -0.162. The fourth-order valence-electron chi connectivity index (χ4n) is 3.52. The quantitative estimate of drug-likeness (QED) is 0.545. The van der Waals surface area contributed by atoms with Gasteiger partial charge in [-0.25, -0.2) is 0 Å². The molecule has 0 bridgehead atoms. The zero-order chi connectivity index (χ0) is 17.3. The lowest BCUT2D eigenvalue weighted by Crippen LogP contribution is -2.49. The van der Waals surface area contributed by atoms with Crippen molar-refractivity contribution in [2.24, 2.45) is 4.99 Å². The van der Waals surface area contributed by atoms with Crippen molar-refractivity contribution in [1.29, 1.82) is 0 Å². The van der Waals surface area contributed by atoms with Crippen molar-refractivity contribution in [2.45, 2.75) is 57.6 Å². The lowest BCUT2D eigenvalue weighted by Gasteiger charge is -2.35. The number of likely N-dealkylation sites (tertiary alicyclic amines) is 1. The molecule has 2 rings (SSSR count). The monoisotopic (exact) mass is 340 g/mol. The molecule has 140 valence electrons. The molecule has 0 amide bonds. The first-order valence-electron chi connectivity index (χ1n) is 9.61. The summed E-state index contributed by atoms with van der Waals surface area (Å²) in [5, 5.41) is 7.01. The molecule has 2 aliphatic heterocycles. The summed E-state index contributed by atoms with van der Waals surface area (Å²) >= 11 is 0. The Kier molecular flexibility index (Phi) is 8.29. The SMILES string of the molecule is CCCN1CCC(NC(=NCC2(OC)CCOCC2)NCC)CC1. The van der Waals surface area contributed by atoms with Gasteiger partial charge >= 0.3 is 0 Å². The zero-order valence-corrected chi connectivity index (χ0v) is 15.8. The Morgan fingerprint density at radius 2 is 1.96 bits per heavy atom. The zero-order valence-electron chi connectivity index (χ0n) is 15.8. The standard InChI is InChI=1S/C18H36N4O2/c1-4-10-22-11-6-16(7-12-22)21-17(19-5-2)20-15-18(23-3)8-13-24-14-9-18/h16H,4-15H2,1-3H3,(H2,19,20,21).